The Morgan fingerprint density at radius 2 is 2.15 bits per heavy atom. The van der Waals surface area contributed by atoms with E-state index in [-0.39, 0.29) is 0 Å². The maximum absolute atomic E-state index is 5.27. The van der Waals surface area contributed by atoms with Crippen LogP contribution in [-0.4, -0.2) is 38.3 Å². The van der Waals surface area contributed by atoms with Crippen LogP contribution >= 0.6 is 12.2 Å². The molecule has 3 aromatic rings. The molecule has 0 saturated heterocycles. The maximum atomic E-state index is 5.27. The number of hydrogen-bond donors (Lipinski definition) is 1. The van der Waals surface area contributed by atoms with Crippen LogP contribution in [0.2, 0.25) is 0 Å². The van der Waals surface area contributed by atoms with Gasteiger partial charge in [0.1, 0.15) is 5.69 Å². The first kappa shape index (κ1) is 13.0. The fourth-order valence-corrected chi connectivity index (χ4v) is 2.49. The number of nitrogens with zero attached hydrogens (tertiary/aromatic N) is 4. The highest BCUT2D eigenvalue weighted by Crippen LogP contribution is 2.26. The van der Waals surface area contributed by atoms with Gasteiger partial charge in [0.15, 0.2) is 10.6 Å². The van der Waals surface area contributed by atoms with E-state index in [9.17, 15) is 0 Å². The van der Waals surface area contributed by atoms with Gasteiger partial charge in [-0.1, -0.05) is 18.2 Å². The van der Waals surface area contributed by atoms with Crippen LogP contribution < -0.4 is 0 Å². The summed E-state index contributed by atoms with van der Waals surface area (Å²) in [4.78, 5) is 0. The van der Waals surface area contributed by atoms with Crippen LogP contribution in [0.3, 0.4) is 0 Å². The van der Waals surface area contributed by atoms with Crippen molar-refractivity contribution in [2.24, 2.45) is 7.05 Å². The molecule has 0 radical (unpaired) electrons. The third-order valence-corrected chi connectivity index (χ3v) is 3.56. The lowest BCUT2D eigenvalue weighted by atomic mass is 10.2. The zero-order valence-electron chi connectivity index (χ0n) is 11.3. The number of benzene rings is 1. The number of aromatic nitrogens is 5. The summed E-state index contributed by atoms with van der Waals surface area (Å²) in [6.07, 6.45) is 0. The molecule has 2 heterocycles. The Morgan fingerprint density at radius 3 is 2.95 bits per heavy atom. The van der Waals surface area contributed by atoms with Gasteiger partial charge in [0, 0.05) is 19.5 Å². The molecule has 0 aliphatic carbocycles. The van der Waals surface area contributed by atoms with Gasteiger partial charge in [0.05, 0.1) is 18.7 Å². The minimum absolute atomic E-state index is 0.575. The van der Waals surface area contributed by atoms with E-state index in [1.807, 2.05) is 40.6 Å². The van der Waals surface area contributed by atoms with E-state index in [1.54, 1.807) is 7.11 Å². The number of methoxy groups -OCH3 is 1. The van der Waals surface area contributed by atoms with Crippen LogP contribution in [0.4, 0.5) is 0 Å². The zero-order chi connectivity index (χ0) is 14.1. The van der Waals surface area contributed by atoms with E-state index in [0.717, 1.165) is 22.4 Å². The Kier molecular flexibility index (Phi) is 3.37. The first-order valence-corrected chi connectivity index (χ1v) is 6.69. The minimum Gasteiger partial charge on any atom is -0.383 e. The highest BCUT2D eigenvalue weighted by molar-refractivity contribution is 7.71. The lowest BCUT2D eigenvalue weighted by Crippen LogP contribution is -2.06. The molecule has 0 saturated carbocycles. The average molecular weight is 289 g/mol. The lowest BCUT2D eigenvalue weighted by molar-refractivity contribution is 0.187. The third-order valence-electron chi connectivity index (χ3n) is 3.25. The number of fused-ring (bicyclic) bond motifs is 1. The van der Waals surface area contributed by atoms with E-state index in [4.69, 9.17) is 17.0 Å². The van der Waals surface area contributed by atoms with Gasteiger partial charge >= 0.3 is 0 Å². The Morgan fingerprint density at radius 1 is 1.35 bits per heavy atom. The van der Waals surface area contributed by atoms with Gasteiger partial charge in [-0.25, -0.2) is 0 Å². The van der Waals surface area contributed by atoms with Crippen molar-refractivity contribution in [3.8, 4) is 11.5 Å². The quantitative estimate of drug-likeness (QED) is 0.748. The standard InChI is InChI=1S/C13H15N5OS/c1-17-10-6-4-3-5-9(10)11(16-17)12-14-15-13(20)18(12)7-8-19-2/h3-6H,7-8H2,1-2H3,(H,15,20). The van der Waals surface area contributed by atoms with Crippen molar-refractivity contribution in [3.05, 3.63) is 29.0 Å². The summed E-state index contributed by atoms with van der Waals surface area (Å²) in [5.74, 6) is 0.740. The van der Waals surface area contributed by atoms with Gasteiger partial charge in [0.2, 0.25) is 0 Å². The Balaban J connectivity index is 2.19. The molecular weight excluding hydrogens is 274 g/mol. The number of nitrogens with one attached hydrogen (secondary N) is 1. The van der Waals surface area contributed by atoms with Crippen LogP contribution in [-0.2, 0) is 18.3 Å². The first-order chi connectivity index (χ1) is 9.72. The fraction of sp³-hybridized carbons (Fsp3) is 0.308. The lowest BCUT2D eigenvalue weighted by Gasteiger charge is -2.04. The monoisotopic (exact) mass is 289 g/mol. The summed E-state index contributed by atoms with van der Waals surface area (Å²) < 4.78 is 9.46. The molecule has 0 amide bonds. The van der Waals surface area contributed by atoms with Crippen molar-refractivity contribution >= 4 is 23.1 Å². The van der Waals surface area contributed by atoms with Crippen molar-refractivity contribution in [2.75, 3.05) is 13.7 Å². The van der Waals surface area contributed by atoms with Crippen molar-refractivity contribution in [3.63, 3.8) is 0 Å². The number of ether oxygens (including phenoxy) is 1. The summed E-state index contributed by atoms with van der Waals surface area (Å²) in [6, 6.07) is 8.06. The highest BCUT2D eigenvalue weighted by Gasteiger charge is 2.16. The summed E-state index contributed by atoms with van der Waals surface area (Å²) in [5.41, 5.74) is 1.89. The molecule has 1 aromatic carbocycles. The maximum Gasteiger partial charge on any atom is 0.195 e. The van der Waals surface area contributed by atoms with Gasteiger partial charge in [-0.3, -0.25) is 14.3 Å². The van der Waals surface area contributed by atoms with Gasteiger partial charge in [-0.2, -0.15) is 10.2 Å². The van der Waals surface area contributed by atoms with Gasteiger partial charge < -0.3 is 4.74 Å². The number of H-pyrrole nitrogens is 1. The predicted octanol–water partition coefficient (Wildman–Crippen LogP) is 2.14. The fourth-order valence-electron chi connectivity index (χ4n) is 2.27. The van der Waals surface area contributed by atoms with Crippen molar-refractivity contribution in [1.82, 2.24) is 24.5 Å². The molecule has 2 aromatic heterocycles. The normalized spacial score (nSPS) is 11.3. The van der Waals surface area contributed by atoms with Crippen molar-refractivity contribution in [2.45, 2.75) is 6.54 Å². The molecule has 0 atom stereocenters. The number of aromatic amines is 1. The Hall–Kier alpha value is -1.99. The highest BCUT2D eigenvalue weighted by atomic mass is 32.1. The molecule has 6 nitrogen and oxygen atoms in total. The second kappa shape index (κ2) is 5.18. The number of para-hydroxylation sites is 1. The molecule has 0 spiro atoms. The van der Waals surface area contributed by atoms with E-state index in [0.29, 0.717) is 17.9 Å². The van der Waals surface area contributed by atoms with Crippen molar-refractivity contribution < 1.29 is 4.74 Å². The van der Waals surface area contributed by atoms with Crippen LogP contribution in [0.1, 0.15) is 0 Å². The zero-order valence-corrected chi connectivity index (χ0v) is 12.1. The van der Waals surface area contributed by atoms with Gasteiger partial charge in [-0.15, -0.1) is 0 Å². The summed E-state index contributed by atoms with van der Waals surface area (Å²) in [5, 5.41) is 12.8. The summed E-state index contributed by atoms with van der Waals surface area (Å²) in [6.45, 7) is 1.22. The molecule has 1 N–H and O–H groups in total. The topological polar surface area (TPSA) is 60.7 Å². The summed E-state index contributed by atoms with van der Waals surface area (Å²) >= 11 is 5.27. The first-order valence-electron chi connectivity index (χ1n) is 6.28. The second-order valence-corrected chi connectivity index (χ2v) is 4.87. The molecule has 0 bridgehead atoms. The molecule has 3 rings (SSSR count). The molecule has 0 unspecified atom stereocenters. The van der Waals surface area contributed by atoms with Crippen LogP contribution in [0, 0.1) is 4.77 Å². The molecular formula is C13H15N5OS. The number of hydrogen-bond acceptors (Lipinski definition) is 4. The Bertz CT molecular complexity index is 801. The van der Waals surface area contributed by atoms with Crippen LogP contribution in [0.15, 0.2) is 24.3 Å². The molecule has 104 valence electrons. The largest absolute Gasteiger partial charge is 0.383 e. The van der Waals surface area contributed by atoms with E-state index < -0.39 is 0 Å². The predicted molar refractivity (Wildman–Crippen MR) is 79.0 cm³/mol. The third kappa shape index (κ3) is 2.04. The van der Waals surface area contributed by atoms with Crippen LogP contribution in [0.5, 0.6) is 0 Å². The number of aryl methyl sites for hydroxylation is 1. The molecule has 0 aliphatic heterocycles. The molecule has 0 fully saturated rings. The average Bonchev–Trinajstić information content (AvgIpc) is 2.98. The Labute approximate surface area is 121 Å². The smallest absolute Gasteiger partial charge is 0.195 e. The minimum atomic E-state index is 0.575. The molecule has 20 heavy (non-hydrogen) atoms. The van der Waals surface area contributed by atoms with Gasteiger partial charge in [0.25, 0.3) is 0 Å². The van der Waals surface area contributed by atoms with E-state index in [2.05, 4.69) is 15.3 Å². The van der Waals surface area contributed by atoms with Crippen LogP contribution in [0.25, 0.3) is 22.4 Å². The van der Waals surface area contributed by atoms with E-state index >= 15 is 0 Å². The SMILES string of the molecule is COCCn1c(-c2nn(C)c3ccccc23)n[nH]c1=S. The van der Waals surface area contributed by atoms with Gasteiger partial charge in [-0.05, 0) is 18.3 Å². The molecule has 7 heteroatoms. The molecule has 0 aliphatic rings. The van der Waals surface area contributed by atoms with E-state index in [1.165, 1.54) is 0 Å². The van der Waals surface area contributed by atoms with Crippen molar-refractivity contribution in [1.29, 1.82) is 0 Å². The second-order valence-electron chi connectivity index (χ2n) is 4.49. The summed E-state index contributed by atoms with van der Waals surface area (Å²) in [7, 11) is 3.59. The number of rotatable bonds is 4.